The van der Waals surface area contributed by atoms with Crippen molar-refractivity contribution in [3.8, 4) is 5.82 Å². The van der Waals surface area contributed by atoms with Gasteiger partial charge < -0.3 is 0 Å². The van der Waals surface area contributed by atoms with Gasteiger partial charge in [-0.3, -0.25) is 4.57 Å². The second-order valence-corrected chi connectivity index (χ2v) is 4.04. The summed E-state index contributed by atoms with van der Waals surface area (Å²) < 4.78 is 15.3. The van der Waals surface area contributed by atoms with Gasteiger partial charge in [-0.2, -0.15) is 0 Å². The highest BCUT2D eigenvalue weighted by Crippen LogP contribution is 2.21. The number of fused-ring (bicyclic) bond motifs is 1. The Labute approximate surface area is 118 Å². The molecule has 0 amide bonds. The van der Waals surface area contributed by atoms with E-state index in [0.29, 0.717) is 0 Å². The van der Waals surface area contributed by atoms with Crippen LogP contribution in [-0.2, 0) is 6.42 Å². The lowest BCUT2D eigenvalue weighted by Gasteiger charge is -2.06. The Hall–Kier alpha value is -2.23. The van der Waals surface area contributed by atoms with Gasteiger partial charge in [-0.15, -0.1) is 0 Å². The Bertz CT molecular complexity index is 690. The van der Waals surface area contributed by atoms with Crippen molar-refractivity contribution in [3.63, 3.8) is 0 Å². The van der Waals surface area contributed by atoms with Gasteiger partial charge in [0, 0.05) is 18.7 Å². The SMILES string of the molecule is CC.CCc1nc2ccc(F)cc2n1-c1ccccn1. The minimum absolute atomic E-state index is 0.262. The maximum Gasteiger partial charge on any atom is 0.138 e. The maximum atomic E-state index is 13.4. The van der Waals surface area contributed by atoms with E-state index in [2.05, 4.69) is 9.97 Å². The topological polar surface area (TPSA) is 30.7 Å². The third-order valence-corrected chi connectivity index (χ3v) is 2.88. The maximum absolute atomic E-state index is 13.4. The minimum Gasteiger partial charge on any atom is -0.280 e. The number of rotatable bonds is 2. The van der Waals surface area contributed by atoms with Gasteiger partial charge in [0.25, 0.3) is 0 Å². The van der Waals surface area contributed by atoms with Gasteiger partial charge >= 0.3 is 0 Å². The molecule has 20 heavy (non-hydrogen) atoms. The lowest BCUT2D eigenvalue weighted by molar-refractivity contribution is 0.629. The van der Waals surface area contributed by atoms with Crippen LogP contribution in [0.1, 0.15) is 26.6 Å². The summed E-state index contributed by atoms with van der Waals surface area (Å²) in [4.78, 5) is 8.82. The summed E-state index contributed by atoms with van der Waals surface area (Å²) in [6.07, 6.45) is 2.49. The van der Waals surface area contributed by atoms with Crippen molar-refractivity contribution in [1.82, 2.24) is 14.5 Å². The van der Waals surface area contributed by atoms with Crippen molar-refractivity contribution in [2.24, 2.45) is 0 Å². The monoisotopic (exact) mass is 271 g/mol. The van der Waals surface area contributed by atoms with Crippen LogP contribution in [0.3, 0.4) is 0 Å². The number of halogens is 1. The summed E-state index contributed by atoms with van der Waals surface area (Å²) in [7, 11) is 0. The number of aryl methyl sites for hydroxylation is 1. The molecule has 0 bridgehead atoms. The number of hydrogen-bond donors (Lipinski definition) is 0. The first-order chi connectivity index (χ1) is 9.79. The number of benzene rings is 1. The van der Waals surface area contributed by atoms with E-state index in [1.165, 1.54) is 12.1 Å². The minimum atomic E-state index is -0.262. The van der Waals surface area contributed by atoms with Crippen LogP contribution in [0, 0.1) is 5.82 Å². The molecule has 3 aromatic rings. The molecule has 0 N–H and O–H groups in total. The quantitative estimate of drug-likeness (QED) is 0.701. The molecule has 0 spiro atoms. The fourth-order valence-corrected chi connectivity index (χ4v) is 2.08. The molecule has 3 rings (SSSR count). The average Bonchev–Trinajstić information content (AvgIpc) is 2.87. The fourth-order valence-electron chi connectivity index (χ4n) is 2.08. The molecule has 104 valence electrons. The second kappa shape index (κ2) is 6.28. The summed E-state index contributed by atoms with van der Waals surface area (Å²) in [5.41, 5.74) is 1.55. The first kappa shape index (κ1) is 14.2. The van der Waals surface area contributed by atoms with E-state index in [4.69, 9.17) is 0 Å². The van der Waals surface area contributed by atoms with Gasteiger partial charge in [-0.25, -0.2) is 14.4 Å². The first-order valence-electron chi connectivity index (χ1n) is 6.88. The third kappa shape index (κ3) is 2.54. The summed E-state index contributed by atoms with van der Waals surface area (Å²) in [6.45, 7) is 6.02. The fraction of sp³-hybridized carbons (Fsp3) is 0.250. The molecule has 0 radical (unpaired) electrons. The Morgan fingerprint density at radius 2 is 1.95 bits per heavy atom. The van der Waals surface area contributed by atoms with Crippen LogP contribution in [0.25, 0.3) is 16.9 Å². The molecular formula is C16H18FN3. The molecular weight excluding hydrogens is 253 g/mol. The molecule has 0 fully saturated rings. The normalized spacial score (nSPS) is 10.2. The number of imidazole rings is 1. The van der Waals surface area contributed by atoms with Crippen molar-refractivity contribution in [2.75, 3.05) is 0 Å². The third-order valence-electron chi connectivity index (χ3n) is 2.88. The van der Waals surface area contributed by atoms with Gasteiger partial charge in [-0.1, -0.05) is 26.8 Å². The van der Waals surface area contributed by atoms with Crippen molar-refractivity contribution in [1.29, 1.82) is 0 Å². The summed E-state index contributed by atoms with van der Waals surface area (Å²) in [5.74, 6) is 1.39. The Balaban J connectivity index is 0.000000704. The van der Waals surface area contributed by atoms with E-state index < -0.39 is 0 Å². The van der Waals surface area contributed by atoms with Crippen molar-refractivity contribution >= 4 is 11.0 Å². The summed E-state index contributed by atoms with van der Waals surface area (Å²) in [5, 5.41) is 0. The van der Waals surface area contributed by atoms with Crippen LogP contribution in [0.15, 0.2) is 42.6 Å². The summed E-state index contributed by atoms with van der Waals surface area (Å²) >= 11 is 0. The van der Waals surface area contributed by atoms with Gasteiger partial charge in [0.15, 0.2) is 0 Å². The van der Waals surface area contributed by atoms with Gasteiger partial charge in [0.1, 0.15) is 17.5 Å². The Kier molecular flexibility index (Phi) is 4.45. The predicted octanol–water partition coefficient (Wildman–Crippen LogP) is 4.15. The molecule has 0 aliphatic heterocycles. The van der Waals surface area contributed by atoms with Crippen LogP contribution in [0.2, 0.25) is 0 Å². The highest BCUT2D eigenvalue weighted by molar-refractivity contribution is 5.78. The molecule has 0 atom stereocenters. The van der Waals surface area contributed by atoms with E-state index >= 15 is 0 Å². The van der Waals surface area contributed by atoms with Crippen LogP contribution in [-0.4, -0.2) is 14.5 Å². The molecule has 2 aromatic heterocycles. The highest BCUT2D eigenvalue weighted by Gasteiger charge is 2.12. The van der Waals surface area contributed by atoms with E-state index in [1.807, 2.05) is 43.5 Å². The largest absolute Gasteiger partial charge is 0.280 e. The lowest BCUT2D eigenvalue weighted by Crippen LogP contribution is -2.01. The second-order valence-electron chi connectivity index (χ2n) is 4.04. The number of aromatic nitrogens is 3. The molecule has 0 aliphatic carbocycles. The molecule has 4 heteroatoms. The molecule has 0 saturated carbocycles. The van der Waals surface area contributed by atoms with Crippen molar-refractivity contribution in [2.45, 2.75) is 27.2 Å². The van der Waals surface area contributed by atoms with E-state index in [-0.39, 0.29) is 5.82 Å². The van der Waals surface area contributed by atoms with Crippen molar-refractivity contribution < 1.29 is 4.39 Å². The molecule has 0 saturated heterocycles. The molecule has 1 aromatic carbocycles. The standard InChI is InChI=1S/C14H12FN3.C2H6/c1-2-13-17-11-7-6-10(15)9-12(11)18(13)14-5-3-4-8-16-14;1-2/h3-9H,2H2,1H3;1-2H3. The number of nitrogens with zero attached hydrogens (tertiary/aromatic N) is 3. The summed E-state index contributed by atoms with van der Waals surface area (Å²) in [6, 6.07) is 10.3. The zero-order chi connectivity index (χ0) is 14.5. The van der Waals surface area contributed by atoms with Crippen LogP contribution in [0.5, 0.6) is 0 Å². The number of hydrogen-bond acceptors (Lipinski definition) is 2. The Morgan fingerprint density at radius 3 is 2.60 bits per heavy atom. The zero-order valence-corrected chi connectivity index (χ0v) is 12.0. The van der Waals surface area contributed by atoms with Crippen LogP contribution >= 0.6 is 0 Å². The smallest absolute Gasteiger partial charge is 0.138 e. The van der Waals surface area contributed by atoms with Gasteiger partial charge in [0.05, 0.1) is 11.0 Å². The van der Waals surface area contributed by atoms with Gasteiger partial charge in [-0.05, 0) is 24.3 Å². The average molecular weight is 271 g/mol. The Morgan fingerprint density at radius 1 is 1.15 bits per heavy atom. The molecule has 0 unspecified atom stereocenters. The number of pyridine rings is 1. The van der Waals surface area contributed by atoms with Crippen molar-refractivity contribution in [3.05, 3.63) is 54.2 Å². The van der Waals surface area contributed by atoms with E-state index in [0.717, 1.165) is 29.1 Å². The van der Waals surface area contributed by atoms with Crippen LogP contribution in [0.4, 0.5) is 4.39 Å². The molecule has 2 heterocycles. The lowest BCUT2D eigenvalue weighted by atomic mass is 10.3. The molecule has 3 nitrogen and oxygen atoms in total. The van der Waals surface area contributed by atoms with Crippen LogP contribution < -0.4 is 0 Å². The predicted molar refractivity (Wildman–Crippen MR) is 79.5 cm³/mol. The van der Waals surface area contributed by atoms with E-state index in [1.54, 1.807) is 12.3 Å². The zero-order valence-electron chi connectivity index (χ0n) is 12.0. The van der Waals surface area contributed by atoms with E-state index in [9.17, 15) is 4.39 Å². The highest BCUT2D eigenvalue weighted by atomic mass is 19.1. The van der Waals surface area contributed by atoms with Gasteiger partial charge in [0.2, 0.25) is 0 Å². The first-order valence-corrected chi connectivity index (χ1v) is 6.88. The molecule has 0 aliphatic rings.